The predicted octanol–water partition coefficient (Wildman–Crippen LogP) is 2.64. The number of benzene rings is 2. The maximum absolute atomic E-state index is 13.7. The number of ketones is 1. The Morgan fingerprint density at radius 1 is 1.09 bits per heavy atom. The molecule has 0 N–H and O–H groups in total. The molecule has 0 aliphatic carbocycles. The Hall–Kier alpha value is -2.55. The third-order valence-corrected chi connectivity index (χ3v) is 9.03. The maximum atomic E-state index is 13.7. The van der Waals surface area contributed by atoms with Gasteiger partial charge in [-0.2, -0.15) is 4.31 Å². The highest BCUT2D eigenvalue weighted by molar-refractivity contribution is 7.89. The van der Waals surface area contributed by atoms with E-state index in [2.05, 4.69) is 4.90 Å². The molecule has 2 fully saturated rings. The first kappa shape index (κ1) is 23.6. The zero-order valence-electron chi connectivity index (χ0n) is 19.2. The van der Waals surface area contributed by atoms with Crippen LogP contribution in [0, 0.1) is 18.3 Å². The topological polar surface area (TPSA) is 84.0 Å². The Bertz CT molecular complexity index is 1130. The van der Waals surface area contributed by atoms with E-state index in [4.69, 9.17) is 4.74 Å². The molecule has 2 aromatic carbocycles. The van der Waals surface area contributed by atoms with Crippen LogP contribution in [0.5, 0.6) is 0 Å². The Morgan fingerprint density at radius 3 is 2.36 bits per heavy atom. The molecule has 0 saturated carbocycles. The second-order valence-electron chi connectivity index (χ2n) is 9.12. The lowest BCUT2D eigenvalue weighted by atomic mass is 9.68. The second-order valence-corrected chi connectivity index (χ2v) is 11.0. The molecule has 2 saturated heterocycles. The lowest BCUT2D eigenvalue weighted by molar-refractivity contribution is -0.147. The van der Waals surface area contributed by atoms with Gasteiger partial charge in [-0.1, -0.05) is 48.0 Å². The van der Waals surface area contributed by atoms with Gasteiger partial charge >= 0.3 is 5.97 Å². The van der Waals surface area contributed by atoms with Gasteiger partial charge < -0.3 is 4.74 Å². The monoisotopic (exact) mass is 470 g/mol. The number of aryl methyl sites for hydroxylation is 1. The second kappa shape index (κ2) is 9.00. The highest BCUT2D eigenvalue weighted by Crippen LogP contribution is 2.49. The Morgan fingerprint density at radius 2 is 1.76 bits per heavy atom. The van der Waals surface area contributed by atoms with Crippen molar-refractivity contribution in [2.75, 3.05) is 26.7 Å². The molecule has 8 heteroatoms. The first-order chi connectivity index (χ1) is 15.7. The van der Waals surface area contributed by atoms with Crippen molar-refractivity contribution in [3.63, 3.8) is 0 Å². The summed E-state index contributed by atoms with van der Waals surface area (Å²) in [6, 6.07) is 15.5. The number of likely N-dealkylation sites (tertiary alicyclic amines) is 1. The largest absolute Gasteiger partial charge is 0.468 e. The van der Waals surface area contributed by atoms with Crippen LogP contribution in [0.4, 0.5) is 0 Å². The van der Waals surface area contributed by atoms with Crippen molar-refractivity contribution in [2.24, 2.45) is 11.3 Å². The minimum absolute atomic E-state index is 0.0118. The molecular weight excluding hydrogens is 440 g/mol. The van der Waals surface area contributed by atoms with Crippen molar-refractivity contribution in [3.8, 4) is 0 Å². The van der Waals surface area contributed by atoms with E-state index < -0.39 is 33.4 Å². The number of rotatable bonds is 6. The summed E-state index contributed by atoms with van der Waals surface area (Å²) in [6.07, 6.45) is 0.493. The van der Waals surface area contributed by atoms with Gasteiger partial charge in [-0.15, -0.1) is 0 Å². The molecule has 0 amide bonds. The van der Waals surface area contributed by atoms with Crippen LogP contribution in [0.25, 0.3) is 0 Å². The van der Waals surface area contributed by atoms with E-state index in [0.29, 0.717) is 26.1 Å². The first-order valence-corrected chi connectivity index (χ1v) is 12.6. The van der Waals surface area contributed by atoms with Crippen LogP contribution in [0.1, 0.15) is 24.5 Å². The average molecular weight is 471 g/mol. The number of sulfonamides is 1. The van der Waals surface area contributed by atoms with E-state index in [0.717, 1.165) is 11.1 Å². The number of carbonyl (C=O) groups is 2. The van der Waals surface area contributed by atoms with Crippen molar-refractivity contribution < 1.29 is 22.7 Å². The van der Waals surface area contributed by atoms with Crippen LogP contribution in [-0.4, -0.2) is 62.2 Å². The third-order valence-electron chi connectivity index (χ3n) is 7.19. The van der Waals surface area contributed by atoms with Gasteiger partial charge in [0, 0.05) is 31.0 Å². The predicted molar refractivity (Wildman–Crippen MR) is 124 cm³/mol. The molecule has 176 valence electrons. The van der Waals surface area contributed by atoms with E-state index in [1.807, 2.05) is 37.3 Å². The standard InChI is InChI=1S/C25H30N2O5S/c1-18-9-11-21(12-10-18)33(30,31)27-17-25(19(2)28)13-14-26(15-20-7-5-4-6-8-20)16-22(25)23(27)24(29)32-3/h4-12,22-23H,13-17H2,1-3H3/t22-,23+,25+/m0/s1. The van der Waals surface area contributed by atoms with Crippen LogP contribution in [0.3, 0.4) is 0 Å². The fraction of sp³-hybridized carbons (Fsp3) is 0.440. The number of fused-ring (bicyclic) bond motifs is 1. The van der Waals surface area contributed by atoms with Gasteiger partial charge in [0.05, 0.1) is 12.0 Å². The average Bonchev–Trinajstić information content (AvgIpc) is 3.16. The summed E-state index contributed by atoms with van der Waals surface area (Å²) in [6.45, 7) is 5.14. The molecule has 0 aromatic heterocycles. The van der Waals surface area contributed by atoms with Gasteiger partial charge in [0.1, 0.15) is 11.8 Å². The number of Topliss-reactive ketones (excluding diaryl/α,β-unsaturated/α-hetero) is 1. The summed E-state index contributed by atoms with van der Waals surface area (Å²) < 4.78 is 33.6. The summed E-state index contributed by atoms with van der Waals surface area (Å²) in [4.78, 5) is 28.3. The summed E-state index contributed by atoms with van der Waals surface area (Å²) in [5.74, 6) is -1.19. The van der Waals surface area contributed by atoms with Gasteiger partial charge in [-0.25, -0.2) is 8.42 Å². The van der Waals surface area contributed by atoms with Crippen molar-refractivity contribution >= 4 is 21.8 Å². The number of nitrogens with zero attached hydrogens (tertiary/aromatic N) is 2. The Balaban J connectivity index is 1.72. The number of hydrogen-bond donors (Lipinski definition) is 0. The molecule has 2 aliphatic heterocycles. The van der Waals surface area contributed by atoms with Gasteiger partial charge in [0.25, 0.3) is 0 Å². The molecule has 7 nitrogen and oxygen atoms in total. The fourth-order valence-electron chi connectivity index (χ4n) is 5.28. The third kappa shape index (κ3) is 4.23. The van der Waals surface area contributed by atoms with E-state index in [9.17, 15) is 18.0 Å². The van der Waals surface area contributed by atoms with Crippen LogP contribution >= 0.6 is 0 Å². The highest BCUT2D eigenvalue weighted by atomic mass is 32.2. The summed E-state index contributed by atoms with van der Waals surface area (Å²) >= 11 is 0. The molecule has 0 spiro atoms. The van der Waals surface area contributed by atoms with Crippen LogP contribution in [-0.2, 0) is 30.9 Å². The number of methoxy groups -OCH3 is 1. The molecular formula is C25H30N2O5S. The SMILES string of the molecule is COC(=O)[C@H]1[C@@H]2CN(Cc3ccccc3)CC[C@]2(C(C)=O)CN1S(=O)(=O)c1ccc(C)cc1. The Kier molecular flexibility index (Phi) is 6.44. The van der Waals surface area contributed by atoms with Crippen LogP contribution in [0.2, 0.25) is 0 Å². The summed E-state index contributed by atoms with van der Waals surface area (Å²) in [5.41, 5.74) is 1.15. The molecule has 33 heavy (non-hydrogen) atoms. The number of piperidine rings is 1. The fourth-order valence-corrected chi connectivity index (χ4v) is 6.96. The van der Waals surface area contributed by atoms with E-state index in [1.54, 1.807) is 24.3 Å². The zero-order chi connectivity index (χ0) is 23.8. The van der Waals surface area contributed by atoms with Crippen molar-refractivity contribution in [2.45, 2.75) is 37.8 Å². The van der Waals surface area contributed by atoms with Crippen LogP contribution in [0.15, 0.2) is 59.5 Å². The van der Waals surface area contributed by atoms with Crippen molar-refractivity contribution in [1.82, 2.24) is 9.21 Å². The zero-order valence-corrected chi connectivity index (χ0v) is 20.0. The smallest absolute Gasteiger partial charge is 0.324 e. The van der Waals surface area contributed by atoms with E-state index in [1.165, 1.54) is 18.3 Å². The molecule has 3 atom stereocenters. The number of ether oxygens (including phenoxy) is 1. The van der Waals surface area contributed by atoms with Gasteiger partial charge in [0.2, 0.25) is 10.0 Å². The number of hydrogen-bond acceptors (Lipinski definition) is 6. The summed E-state index contributed by atoms with van der Waals surface area (Å²) in [7, 11) is -2.74. The normalized spacial score (nSPS) is 26.0. The Labute approximate surface area is 195 Å². The minimum Gasteiger partial charge on any atom is -0.468 e. The van der Waals surface area contributed by atoms with E-state index >= 15 is 0 Å². The first-order valence-electron chi connectivity index (χ1n) is 11.1. The highest BCUT2D eigenvalue weighted by Gasteiger charge is 2.62. The number of carbonyl (C=O) groups excluding carboxylic acids is 2. The molecule has 0 bridgehead atoms. The van der Waals surface area contributed by atoms with Gasteiger partial charge in [-0.3, -0.25) is 14.5 Å². The molecule has 2 heterocycles. The molecule has 0 radical (unpaired) electrons. The maximum Gasteiger partial charge on any atom is 0.324 e. The molecule has 4 rings (SSSR count). The van der Waals surface area contributed by atoms with E-state index in [-0.39, 0.29) is 17.2 Å². The quantitative estimate of drug-likeness (QED) is 0.604. The molecule has 2 aromatic rings. The molecule has 0 unspecified atom stereocenters. The summed E-state index contributed by atoms with van der Waals surface area (Å²) in [5, 5.41) is 0. The van der Waals surface area contributed by atoms with Crippen LogP contribution < -0.4 is 0 Å². The minimum atomic E-state index is -4.00. The lowest BCUT2D eigenvalue weighted by Crippen LogP contribution is -2.53. The van der Waals surface area contributed by atoms with Crippen molar-refractivity contribution in [3.05, 3.63) is 65.7 Å². The van der Waals surface area contributed by atoms with Gasteiger partial charge in [0.15, 0.2) is 0 Å². The van der Waals surface area contributed by atoms with Crippen molar-refractivity contribution in [1.29, 1.82) is 0 Å². The van der Waals surface area contributed by atoms with Gasteiger partial charge in [-0.05, 0) is 44.5 Å². The number of esters is 1. The molecule has 2 aliphatic rings. The lowest BCUT2D eigenvalue weighted by Gasteiger charge is -2.43.